The van der Waals surface area contributed by atoms with Crippen LogP contribution in [0.2, 0.25) is 0 Å². The molecule has 3 heteroatoms. The highest BCUT2D eigenvalue weighted by molar-refractivity contribution is 5.44. The van der Waals surface area contributed by atoms with E-state index < -0.39 is 6.10 Å². The molecule has 1 aromatic rings. The average molecular weight is 192 g/mol. The Morgan fingerprint density at radius 1 is 1.36 bits per heavy atom. The number of phenolic OH excluding ortho intramolecular Hbond substituents is 1. The average Bonchev–Trinajstić information content (AvgIpc) is 2.94. The topological polar surface area (TPSA) is 49.7 Å². The largest absolute Gasteiger partial charge is 0.508 e. The molecule has 2 N–H and O–H groups in total. The Morgan fingerprint density at radius 3 is 2.86 bits per heavy atom. The van der Waals surface area contributed by atoms with Crippen molar-refractivity contribution < 1.29 is 14.9 Å². The number of aliphatic hydroxyl groups is 1. The van der Waals surface area contributed by atoms with E-state index in [-0.39, 0.29) is 11.2 Å². The van der Waals surface area contributed by atoms with Gasteiger partial charge >= 0.3 is 0 Å². The summed E-state index contributed by atoms with van der Waals surface area (Å²) in [6.45, 7) is 0.603. The van der Waals surface area contributed by atoms with E-state index in [9.17, 15) is 10.2 Å². The minimum absolute atomic E-state index is 0.0548. The van der Waals surface area contributed by atoms with E-state index >= 15 is 0 Å². The van der Waals surface area contributed by atoms with Crippen molar-refractivity contribution in [3.63, 3.8) is 0 Å². The van der Waals surface area contributed by atoms with Gasteiger partial charge in [0.15, 0.2) is 0 Å². The summed E-state index contributed by atoms with van der Waals surface area (Å²) in [5, 5.41) is 19.4. The fourth-order valence-corrected chi connectivity index (χ4v) is 2.09. The zero-order valence-electron chi connectivity index (χ0n) is 7.73. The lowest BCUT2D eigenvalue weighted by Crippen LogP contribution is -2.27. The van der Waals surface area contributed by atoms with Crippen molar-refractivity contribution in [2.75, 3.05) is 6.61 Å². The van der Waals surface area contributed by atoms with Crippen LogP contribution in [0, 0.1) is 5.41 Å². The summed E-state index contributed by atoms with van der Waals surface area (Å²) >= 11 is 0. The van der Waals surface area contributed by atoms with Gasteiger partial charge in [0.05, 0.1) is 12.7 Å². The minimum atomic E-state index is -0.474. The first-order valence-electron chi connectivity index (χ1n) is 4.85. The molecule has 1 aliphatic carbocycles. The van der Waals surface area contributed by atoms with Crippen LogP contribution in [0.3, 0.4) is 0 Å². The number of fused-ring (bicyclic) bond motifs is 1. The van der Waals surface area contributed by atoms with E-state index in [1.54, 1.807) is 18.2 Å². The summed E-state index contributed by atoms with van der Waals surface area (Å²) < 4.78 is 5.56. The number of rotatable bonds is 0. The van der Waals surface area contributed by atoms with E-state index in [1.807, 2.05) is 0 Å². The Bertz CT molecular complexity index is 382. The van der Waals surface area contributed by atoms with Crippen LogP contribution in [-0.4, -0.2) is 16.8 Å². The molecule has 0 aromatic heterocycles. The van der Waals surface area contributed by atoms with Crippen molar-refractivity contribution in [1.82, 2.24) is 0 Å². The summed E-state index contributed by atoms with van der Waals surface area (Å²) in [5.41, 5.74) is 0.676. The molecule has 1 atom stereocenters. The highest BCUT2D eigenvalue weighted by atomic mass is 16.5. The van der Waals surface area contributed by atoms with Gasteiger partial charge in [-0.25, -0.2) is 0 Å². The lowest BCUT2D eigenvalue weighted by Gasteiger charge is -2.30. The summed E-state index contributed by atoms with van der Waals surface area (Å²) in [6.07, 6.45) is 1.56. The number of benzene rings is 1. The molecule has 3 nitrogen and oxygen atoms in total. The second kappa shape index (κ2) is 2.42. The Hall–Kier alpha value is -1.22. The summed E-state index contributed by atoms with van der Waals surface area (Å²) in [4.78, 5) is 0. The molecule has 1 aliphatic heterocycles. The summed E-state index contributed by atoms with van der Waals surface area (Å²) in [7, 11) is 0. The number of ether oxygens (including phenoxy) is 1. The monoisotopic (exact) mass is 192 g/mol. The van der Waals surface area contributed by atoms with Crippen molar-refractivity contribution in [2.24, 2.45) is 5.41 Å². The number of hydrogen-bond donors (Lipinski definition) is 2. The molecule has 1 aromatic carbocycles. The van der Waals surface area contributed by atoms with Crippen molar-refractivity contribution in [3.8, 4) is 11.5 Å². The number of aliphatic hydroxyl groups excluding tert-OH is 1. The molecule has 0 saturated heterocycles. The van der Waals surface area contributed by atoms with Gasteiger partial charge in [-0.05, 0) is 31.0 Å². The van der Waals surface area contributed by atoms with Gasteiger partial charge in [-0.15, -0.1) is 0 Å². The van der Waals surface area contributed by atoms with Gasteiger partial charge in [0, 0.05) is 11.0 Å². The number of aromatic hydroxyl groups is 1. The predicted octanol–water partition coefficient (Wildman–Crippen LogP) is 1.60. The van der Waals surface area contributed by atoms with Gasteiger partial charge in [-0.1, -0.05) is 0 Å². The van der Waals surface area contributed by atoms with Gasteiger partial charge in [-0.2, -0.15) is 0 Å². The second-order valence-electron chi connectivity index (χ2n) is 4.28. The quantitative estimate of drug-likeness (QED) is 0.656. The highest BCUT2D eigenvalue weighted by Gasteiger charge is 2.53. The van der Waals surface area contributed by atoms with E-state index in [4.69, 9.17) is 4.74 Å². The molecule has 1 unspecified atom stereocenters. The van der Waals surface area contributed by atoms with Crippen LogP contribution in [0.1, 0.15) is 24.5 Å². The zero-order valence-corrected chi connectivity index (χ0v) is 7.73. The van der Waals surface area contributed by atoms with Crippen LogP contribution in [0.5, 0.6) is 11.5 Å². The SMILES string of the molecule is Oc1ccc2c(c1)C(O)C1(CC1)CO2. The lowest BCUT2D eigenvalue weighted by atomic mass is 9.90. The van der Waals surface area contributed by atoms with Crippen molar-refractivity contribution in [3.05, 3.63) is 23.8 Å². The van der Waals surface area contributed by atoms with Crippen LogP contribution < -0.4 is 4.74 Å². The number of phenols is 1. The third-order valence-corrected chi connectivity index (χ3v) is 3.28. The third-order valence-electron chi connectivity index (χ3n) is 3.28. The molecule has 0 bridgehead atoms. The Kier molecular flexibility index (Phi) is 1.40. The van der Waals surface area contributed by atoms with Gasteiger partial charge in [0.2, 0.25) is 0 Å². The molecule has 1 spiro atoms. The van der Waals surface area contributed by atoms with Crippen molar-refractivity contribution in [1.29, 1.82) is 0 Å². The van der Waals surface area contributed by atoms with Crippen LogP contribution in [-0.2, 0) is 0 Å². The first-order valence-corrected chi connectivity index (χ1v) is 4.85. The standard InChI is InChI=1S/C11H12O3/c12-7-1-2-9-8(5-7)10(13)11(3-4-11)6-14-9/h1-2,5,10,12-13H,3-4,6H2. The molecule has 1 fully saturated rings. The number of hydrogen-bond acceptors (Lipinski definition) is 3. The Morgan fingerprint density at radius 2 is 2.14 bits per heavy atom. The summed E-state index contributed by atoms with van der Waals surface area (Å²) in [5.74, 6) is 0.886. The normalized spacial score (nSPS) is 26.8. The maximum Gasteiger partial charge on any atom is 0.125 e. The van der Waals surface area contributed by atoms with E-state index in [0.29, 0.717) is 12.4 Å². The molecule has 2 aliphatic rings. The Balaban J connectivity index is 2.09. The lowest BCUT2D eigenvalue weighted by molar-refractivity contribution is 0.0342. The second-order valence-corrected chi connectivity index (χ2v) is 4.28. The Labute approximate surface area is 81.9 Å². The predicted molar refractivity (Wildman–Crippen MR) is 50.2 cm³/mol. The van der Waals surface area contributed by atoms with Crippen molar-refractivity contribution >= 4 is 0 Å². The van der Waals surface area contributed by atoms with E-state index in [0.717, 1.165) is 18.4 Å². The molecular weight excluding hydrogens is 180 g/mol. The maximum atomic E-state index is 10.1. The van der Waals surface area contributed by atoms with Crippen molar-refractivity contribution in [2.45, 2.75) is 18.9 Å². The molecule has 74 valence electrons. The molecular formula is C11H12O3. The smallest absolute Gasteiger partial charge is 0.125 e. The molecule has 3 rings (SSSR count). The third kappa shape index (κ3) is 0.960. The fraction of sp³-hybridized carbons (Fsp3) is 0.455. The molecule has 0 radical (unpaired) electrons. The van der Waals surface area contributed by atoms with Gasteiger partial charge in [0.25, 0.3) is 0 Å². The highest BCUT2D eigenvalue weighted by Crippen LogP contribution is 2.58. The van der Waals surface area contributed by atoms with Crippen LogP contribution >= 0.6 is 0 Å². The summed E-state index contributed by atoms with van der Waals surface area (Å²) in [6, 6.07) is 4.89. The van der Waals surface area contributed by atoms with E-state index in [2.05, 4.69) is 0 Å². The van der Waals surface area contributed by atoms with E-state index in [1.165, 1.54) is 0 Å². The molecule has 1 heterocycles. The maximum absolute atomic E-state index is 10.1. The minimum Gasteiger partial charge on any atom is -0.508 e. The molecule has 14 heavy (non-hydrogen) atoms. The zero-order chi connectivity index (χ0) is 9.76. The van der Waals surface area contributed by atoms with Crippen LogP contribution in [0.15, 0.2) is 18.2 Å². The molecule has 0 amide bonds. The fourth-order valence-electron chi connectivity index (χ4n) is 2.09. The van der Waals surface area contributed by atoms with Crippen LogP contribution in [0.4, 0.5) is 0 Å². The van der Waals surface area contributed by atoms with Crippen LogP contribution in [0.25, 0.3) is 0 Å². The van der Waals surface area contributed by atoms with Gasteiger partial charge in [0.1, 0.15) is 11.5 Å². The first-order chi connectivity index (χ1) is 6.71. The molecule has 1 saturated carbocycles. The van der Waals surface area contributed by atoms with Gasteiger partial charge in [-0.3, -0.25) is 0 Å². The van der Waals surface area contributed by atoms with Gasteiger partial charge < -0.3 is 14.9 Å². The first kappa shape index (κ1) is 8.12.